The number of hydrogen-bond donors (Lipinski definition) is 1. The molecule has 6 nitrogen and oxygen atoms in total. The van der Waals surface area contributed by atoms with Crippen molar-refractivity contribution in [2.24, 2.45) is 0 Å². The SMILES string of the molecule is N#C/C(=C\c1ccccc1OCCN1CCOCC1)C(=O)O. The Morgan fingerprint density at radius 1 is 1.41 bits per heavy atom. The topological polar surface area (TPSA) is 82.8 Å². The number of nitriles is 1. The third-order valence-corrected chi connectivity index (χ3v) is 3.34. The number of nitrogens with zero attached hydrogens (tertiary/aromatic N) is 2. The van der Waals surface area contributed by atoms with Gasteiger partial charge in [0.15, 0.2) is 0 Å². The van der Waals surface area contributed by atoms with E-state index in [1.165, 1.54) is 6.08 Å². The molecule has 0 bridgehead atoms. The van der Waals surface area contributed by atoms with Crippen LogP contribution in [0.4, 0.5) is 0 Å². The molecule has 0 aromatic heterocycles. The molecule has 0 aliphatic carbocycles. The minimum absolute atomic E-state index is 0.316. The maximum atomic E-state index is 10.9. The van der Waals surface area contributed by atoms with Crippen molar-refractivity contribution in [1.82, 2.24) is 4.90 Å². The van der Waals surface area contributed by atoms with Crippen molar-refractivity contribution in [3.8, 4) is 11.8 Å². The fourth-order valence-electron chi connectivity index (χ4n) is 2.14. The van der Waals surface area contributed by atoms with Crippen LogP contribution < -0.4 is 4.74 Å². The highest BCUT2D eigenvalue weighted by atomic mass is 16.5. The normalized spacial score (nSPS) is 16.0. The van der Waals surface area contributed by atoms with Crippen LogP contribution in [0, 0.1) is 11.3 Å². The number of carbonyl (C=O) groups is 1. The van der Waals surface area contributed by atoms with Gasteiger partial charge in [-0.1, -0.05) is 18.2 Å². The molecule has 0 saturated carbocycles. The Hall–Kier alpha value is -2.36. The Morgan fingerprint density at radius 2 is 2.14 bits per heavy atom. The van der Waals surface area contributed by atoms with Crippen LogP contribution in [-0.2, 0) is 9.53 Å². The van der Waals surface area contributed by atoms with Gasteiger partial charge in [-0.05, 0) is 12.1 Å². The van der Waals surface area contributed by atoms with Crippen LogP contribution in [0.1, 0.15) is 5.56 Å². The highest BCUT2D eigenvalue weighted by Gasteiger charge is 2.11. The van der Waals surface area contributed by atoms with Gasteiger partial charge in [0, 0.05) is 25.2 Å². The predicted octanol–water partition coefficient (Wildman–Crippen LogP) is 1.39. The number of ether oxygens (including phenoxy) is 2. The molecule has 1 N–H and O–H groups in total. The van der Waals surface area contributed by atoms with E-state index in [1.54, 1.807) is 24.3 Å². The molecule has 2 rings (SSSR count). The van der Waals surface area contributed by atoms with Gasteiger partial charge in [0.2, 0.25) is 0 Å². The first-order chi connectivity index (χ1) is 10.7. The van der Waals surface area contributed by atoms with Crippen LogP contribution in [0.25, 0.3) is 6.08 Å². The first-order valence-corrected chi connectivity index (χ1v) is 7.07. The quantitative estimate of drug-likeness (QED) is 0.631. The average Bonchev–Trinajstić information content (AvgIpc) is 2.54. The Kier molecular flexibility index (Phi) is 5.95. The summed E-state index contributed by atoms with van der Waals surface area (Å²) in [7, 11) is 0. The lowest BCUT2D eigenvalue weighted by atomic mass is 10.1. The molecule has 1 aliphatic heterocycles. The Morgan fingerprint density at radius 3 is 2.82 bits per heavy atom. The van der Waals surface area contributed by atoms with Gasteiger partial charge in [-0.3, -0.25) is 4.90 Å². The van der Waals surface area contributed by atoms with Crippen LogP contribution in [-0.4, -0.2) is 55.4 Å². The number of benzene rings is 1. The second-order valence-electron chi connectivity index (χ2n) is 4.82. The molecule has 0 amide bonds. The lowest BCUT2D eigenvalue weighted by molar-refractivity contribution is -0.132. The minimum Gasteiger partial charge on any atom is -0.492 e. The summed E-state index contributed by atoms with van der Waals surface area (Å²) in [5, 5.41) is 17.8. The van der Waals surface area contributed by atoms with Gasteiger partial charge in [0.25, 0.3) is 0 Å². The first-order valence-electron chi connectivity index (χ1n) is 7.07. The summed E-state index contributed by atoms with van der Waals surface area (Å²) >= 11 is 0. The van der Waals surface area contributed by atoms with E-state index in [1.807, 2.05) is 6.07 Å². The van der Waals surface area contributed by atoms with Crippen LogP contribution in [0.3, 0.4) is 0 Å². The predicted molar refractivity (Wildman–Crippen MR) is 80.4 cm³/mol. The lowest BCUT2D eigenvalue weighted by Crippen LogP contribution is -2.38. The fraction of sp³-hybridized carbons (Fsp3) is 0.375. The summed E-state index contributed by atoms with van der Waals surface area (Å²) in [6, 6.07) is 8.75. The molecule has 0 radical (unpaired) electrons. The lowest BCUT2D eigenvalue weighted by Gasteiger charge is -2.26. The maximum absolute atomic E-state index is 10.9. The standard InChI is InChI=1S/C16H18N2O4/c17-12-14(16(19)20)11-13-3-1-2-4-15(13)22-10-7-18-5-8-21-9-6-18/h1-4,11H,5-10H2,(H,19,20)/b14-11+. The molecule has 1 aliphatic rings. The molecule has 22 heavy (non-hydrogen) atoms. The van der Waals surface area contributed by atoms with E-state index in [-0.39, 0.29) is 5.57 Å². The number of rotatable bonds is 6. The third-order valence-electron chi connectivity index (χ3n) is 3.34. The van der Waals surface area contributed by atoms with Gasteiger partial charge in [-0.25, -0.2) is 4.79 Å². The van der Waals surface area contributed by atoms with E-state index in [0.717, 1.165) is 32.8 Å². The smallest absolute Gasteiger partial charge is 0.346 e. The van der Waals surface area contributed by atoms with Crippen molar-refractivity contribution >= 4 is 12.0 Å². The van der Waals surface area contributed by atoms with Crippen molar-refractivity contribution in [3.05, 3.63) is 35.4 Å². The van der Waals surface area contributed by atoms with Gasteiger partial charge < -0.3 is 14.6 Å². The van der Waals surface area contributed by atoms with Crippen molar-refractivity contribution < 1.29 is 19.4 Å². The number of morpholine rings is 1. The molecular weight excluding hydrogens is 284 g/mol. The molecule has 116 valence electrons. The molecule has 6 heteroatoms. The summed E-state index contributed by atoms with van der Waals surface area (Å²) < 4.78 is 11.0. The number of carboxylic acids is 1. The Balaban J connectivity index is 1.99. The molecule has 1 fully saturated rings. The van der Waals surface area contributed by atoms with Crippen molar-refractivity contribution in [2.45, 2.75) is 0 Å². The highest BCUT2D eigenvalue weighted by molar-refractivity contribution is 5.96. The summed E-state index contributed by atoms with van der Waals surface area (Å²) in [5.41, 5.74) is 0.271. The zero-order valence-electron chi connectivity index (χ0n) is 12.2. The molecule has 0 atom stereocenters. The Bertz CT molecular complexity index is 586. The summed E-state index contributed by atoms with van der Waals surface area (Å²) in [5.74, 6) is -0.671. The van der Waals surface area contributed by atoms with Gasteiger partial charge in [-0.2, -0.15) is 5.26 Å². The number of aliphatic carboxylic acids is 1. The van der Waals surface area contributed by atoms with E-state index in [0.29, 0.717) is 17.9 Å². The molecule has 1 aromatic carbocycles. The Labute approximate surface area is 129 Å². The first kappa shape index (κ1) is 16.0. The number of carboxylic acid groups (broad SMARTS) is 1. The zero-order valence-corrected chi connectivity index (χ0v) is 12.2. The summed E-state index contributed by atoms with van der Waals surface area (Å²) in [4.78, 5) is 13.2. The zero-order chi connectivity index (χ0) is 15.8. The van der Waals surface area contributed by atoms with Gasteiger partial charge in [0.05, 0.1) is 13.2 Å². The van der Waals surface area contributed by atoms with Gasteiger partial charge in [0.1, 0.15) is 24.0 Å². The largest absolute Gasteiger partial charge is 0.492 e. The second kappa shape index (κ2) is 8.17. The van der Waals surface area contributed by atoms with Gasteiger partial charge in [-0.15, -0.1) is 0 Å². The van der Waals surface area contributed by atoms with Crippen LogP contribution in [0.15, 0.2) is 29.8 Å². The number of hydrogen-bond acceptors (Lipinski definition) is 5. The van der Waals surface area contributed by atoms with E-state index in [2.05, 4.69) is 4.90 Å². The summed E-state index contributed by atoms with van der Waals surface area (Å²) in [6.07, 6.45) is 1.33. The molecule has 0 spiro atoms. The van der Waals surface area contributed by atoms with Crippen LogP contribution in [0.5, 0.6) is 5.75 Å². The molecule has 0 unspecified atom stereocenters. The molecule has 1 saturated heterocycles. The maximum Gasteiger partial charge on any atom is 0.346 e. The van der Waals surface area contributed by atoms with Gasteiger partial charge >= 0.3 is 5.97 Å². The van der Waals surface area contributed by atoms with Crippen molar-refractivity contribution in [2.75, 3.05) is 39.5 Å². The summed E-state index contributed by atoms with van der Waals surface area (Å²) in [6.45, 7) is 4.54. The minimum atomic E-state index is -1.24. The second-order valence-corrected chi connectivity index (χ2v) is 4.82. The third kappa shape index (κ3) is 4.58. The van der Waals surface area contributed by atoms with Crippen LogP contribution in [0.2, 0.25) is 0 Å². The highest BCUT2D eigenvalue weighted by Crippen LogP contribution is 2.21. The van der Waals surface area contributed by atoms with Crippen molar-refractivity contribution in [3.63, 3.8) is 0 Å². The fourth-order valence-corrected chi connectivity index (χ4v) is 2.14. The number of para-hydroxylation sites is 1. The van der Waals surface area contributed by atoms with E-state index in [4.69, 9.17) is 19.8 Å². The van der Waals surface area contributed by atoms with E-state index in [9.17, 15) is 4.79 Å². The monoisotopic (exact) mass is 302 g/mol. The average molecular weight is 302 g/mol. The molecular formula is C16H18N2O4. The van der Waals surface area contributed by atoms with Crippen LogP contribution >= 0.6 is 0 Å². The molecule has 1 heterocycles. The van der Waals surface area contributed by atoms with E-state index < -0.39 is 5.97 Å². The van der Waals surface area contributed by atoms with Crippen molar-refractivity contribution in [1.29, 1.82) is 5.26 Å². The molecule has 1 aromatic rings. The van der Waals surface area contributed by atoms with E-state index >= 15 is 0 Å².